The first-order valence-electron chi connectivity index (χ1n) is 6.91. The first-order valence-corrected chi connectivity index (χ1v) is 8.23. The van der Waals surface area contributed by atoms with Crippen LogP contribution in [-0.2, 0) is 0 Å². The van der Waals surface area contributed by atoms with Crippen LogP contribution in [0.4, 0.5) is 0 Å². The molecule has 0 atom stereocenters. The summed E-state index contributed by atoms with van der Waals surface area (Å²) in [5.41, 5.74) is 5.26. The summed E-state index contributed by atoms with van der Waals surface area (Å²) < 4.78 is 6.47. The standard InChI is InChI=1S/C13H28N2S.ClHO/c1-2-3-4-5-6-7-8-9-10-11-12-16-13(14)15;1-2/h2-12H2,1H3,(H3,14,15);2H. The average molecular weight is 297 g/mol. The van der Waals surface area contributed by atoms with Crippen LogP contribution in [0, 0.1) is 5.41 Å². The molecule has 0 bridgehead atoms. The van der Waals surface area contributed by atoms with Gasteiger partial charge in [-0.3, -0.25) is 10.1 Å². The van der Waals surface area contributed by atoms with E-state index in [9.17, 15) is 0 Å². The zero-order valence-electron chi connectivity index (χ0n) is 11.6. The van der Waals surface area contributed by atoms with Gasteiger partial charge in [0.15, 0.2) is 5.17 Å². The van der Waals surface area contributed by atoms with Gasteiger partial charge in [-0.1, -0.05) is 76.5 Å². The van der Waals surface area contributed by atoms with Crippen LogP contribution in [0.15, 0.2) is 0 Å². The predicted molar refractivity (Wildman–Crippen MR) is 84.3 cm³/mol. The van der Waals surface area contributed by atoms with Crippen molar-refractivity contribution in [1.82, 2.24) is 0 Å². The molecule has 0 aromatic carbocycles. The minimum Gasteiger partial charge on any atom is -0.379 e. The molecule has 0 aliphatic rings. The van der Waals surface area contributed by atoms with Crippen LogP contribution in [0.5, 0.6) is 0 Å². The SMILES string of the molecule is CCCCCCCCCCCCSC(=N)N.OCl. The molecular weight excluding hydrogens is 268 g/mol. The highest BCUT2D eigenvalue weighted by atomic mass is 35.5. The summed E-state index contributed by atoms with van der Waals surface area (Å²) in [7, 11) is 0. The molecule has 0 fully saturated rings. The van der Waals surface area contributed by atoms with E-state index in [4.69, 9.17) is 15.8 Å². The number of nitrogens with one attached hydrogen (secondary N) is 1. The fourth-order valence-electron chi connectivity index (χ4n) is 1.77. The van der Waals surface area contributed by atoms with Crippen molar-refractivity contribution >= 4 is 28.8 Å². The van der Waals surface area contributed by atoms with Gasteiger partial charge in [-0.25, -0.2) is 0 Å². The molecule has 0 saturated carbocycles. The third-order valence-electron chi connectivity index (χ3n) is 2.76. The zero-order chi connectivity index (χ0) is 14.1. The average Bonchev–Trinajstić information content (AvgIpc) is 2.38. The van der Waals surface area contributed by atoms with Crippen LogP contribution in [0.1, 0.15) is 71.1 Å². The summed E-state index contributed by atoms with van der Waals surface area (Å²) in [6, 6.07) is 0. The van der Waals surface area contributed by atoms with Gasteiger partial charge in [0.05, 0.1) is 11.9 Å². The molecule has 0 radical (unpaired) electrons. The fraction of sp³-hybridized carbons (Fsp3) is 0.923. The lowest BCUT2D eigenvalue weighted by Crippen LogP contribution is -2.04. The Balaban J connectivity index is 0. The van der Waals surface area contributed by atoms with E-state index >= 15 is 0 Å². The highest BCUT2D eigenvalue weighted by Crippen LogP contribution is 2.11. The minimum atomic E-state index is 0.260. The van der Waals surface area contributed by atoms with Gasteiger partial charge < -0.3 is 5.73 Å². The third-order valence-corrected chi connectivity index (χ3v) is 3.56. The number of unbranched alkanes of at least 4 members (excludes halogenated alkanes) is 9. The molecule has 0 aliphatic heterocycles. The Morgan fingerprint density at radius 2 is 1.33 bits per heavy atom. The second kappa shape index (κ2) is 19.4. The first kappa shape index (κ1) is 20.4. The molecule has 0 aliphatic carbocycles. The summed E-state index contributed by atoms with van der Waals surface area (Å²) in [6.07, 6.45) is 13.7. The smallest absolute Gasteiger partial charge is 0.151 e. The number of nitrogens with two attached hydrogens (primary N) is 1. The van der Waals surface area contributed by atoms with Gasteiger partial charge in [0, 0.05) is 5.75 Å². The normalized spacial score (nSPS) is 9.72. The summed E-state index contributed by atoms with van der Waals surface area (Å²) in [6.45, 7) is 2.26. The van der Waals surface area contributed by atoms with E-state index in [-0.39, 0.29) is 5.17 Å². The quantitative estimate of drug-likeness (QED) is 0.295. The molecule has 18 heavy (non-hydrogen) atoms. The number of thioether (sulfide) groups is 1. The van der Waals surface area contributed by atoms with Crippen molar-refractivity contribution in [2.24, 2.45) is 5.73 Å². The maximum Gasteiger partial charge on any atom is 0.151 e. The fourth-order valence-corrected chi connectivity index (χ4v) is 2.34. The Kier molecular flexibility index (Phi) is 22.0. The molecule has 4 N–H and O–H groups in total. The zero-order valence-corrected chi connectivity index (χ0v) is 13.2. The van der Waals surface area contributed by atoms with E-state index in [1.807, 2.05) is 0 Å². The Bertz CT molecular complexity index is 171. The van der Waals surface area contributed by atoms with Gasteiger partial charge in [-0.05, 0) is 6.42 Å². The van der Waals surface area contributed by atoms with E-state index in [1.165, 1.54) is 76.0 Å². The highest BCUT2D eigenvalue weighted by molar-refractivity contribution is 8.13. The molecule has 3 nitrogen and oxygen atoms in total. The maximum absolute atomic E-state index is 7.06. The van der Waals surface area contributed by atoms with Crippen LogP contribution < -0.4 is 5.73 Å². The lowest BCUT2D eigenvalue weighted by Gasteiger charge is -2.02. The van der Waals surface area contributed by atoms with E-state index in [2.05, 4.69) is 18.8 Å². The highest BCUT2D eigenvalue weighted by Gasteiger charge is 1.94. The van der Waals surface area contributed by atoms with Crippen LogP contribution in [-0.4, -0.2) is 15.6 Å². The topological polar surface area (TPSA) is 70.1 Å². The maximum atomic E-state index is 7.06. The summed E-state index contributed by atoms with van der Waals surface area (Å²) >= 11 is 5.11. The monoisotopic (exact) mass is 296 g/mol. The van der Waals surface area contributed by atoms with Gasteiger partial charge in [0.25, 0.3) is 0 Å². The number of amidine groups is 1. The Morgan fingerprint density at radius 1 is 0.944 bits per heavy atom. The molecule has 0 aromatic heterocycles. The Hall–Kier alpha value is 0.0700. The molecule has 110 valence electrons. The summed E-state index contributed by atoms with van der Waals surface area (Å²) in [4.78, 5) is 0. The van der Waals surface area contributed by atoms with Gasteiger partial charge in [0.1, 0.15) is 0 Å². The van der Waals surface area contributed by atoms with Crippen molar-refractivity contribution in [2.45, 2.75) is 71.1 Å². The Labute approximate surface area is 122 Å². The van der Waals surface area contributed by atoms with Gasteiger partial charge in [-0.2, -0.15) is 0 Å². The van der Waals surface area contributed by atoms with Crippen LogP contribution in [0.25, 0.3) is 0 Å². The lowest BCUT2D eigenvalue weighted by molar-refractivity contribution is 0.563. The van der Waals surface area contributed by atoms with Gasteiger partial charge >= 0.3 is 0 Å². The number of hydrogen-bond acceptors (Lipinski definition) is 3. The molecule has 0 amide bonds. The van der Waals surface area contributed by atoms with Crippen molar-refractivity contribution in [3.05, 3.63) is 0 Å². The molecular formula is C13H29ClN2OS. The van der Waals surface area contributed by atoms with Crippen LogP contribution in [0.2, 0.25) is 0 Å². The molecule has 0 unspecified atom stereocenters. The van der Waals surface area contributed by atoms with Crippen molar-refractivity contribution in [3.63, 3.8) is 0 Å². The number of rotatable bonds is 11. The number of halogens is 1. The van der Waals surface area contributed by atoms with Crippen molar-refractivity contribution in [1.29, 1.82) is 5.41 Å². The van der Waals surface area contributed by atoms with Crippen molar-refractivity contribution < 1.29 is 4.66 Å². The Morgan fingerprint density at radius 3 is 1.72 bits per heavy atom. The van der Waals surface area contributed by atoms with E-state index < -0.39 is 0 Å². The summed E-state index contributed by atoms with van der Waals surface area (Å²) in [5, 5.41) is 7.32. The first-order chi connectivity index (χ1) is 8.77. The van der Waals surface area contributed by atoms with E-state index in [0.29, 0.717) is 0 Å². The predicted octanol–water partition coefficient (Wildman–Crippen LogP) is 4.67. The van der Waals surface area contributed by atoms with Crippen LogP contribution in [0.3, 0.4) is 0 Å². The van der Waals surface area contributed by atoms with E-state index in [0.717, 1.165) is 5.75 Å². The van der Waals surface area contributed by atoms with Crippen molar-refractivity contribution in [3.8, 4) is 0 Å². The largest absolute Gasteiger partial charge is 0.379 e. The second-order valence-electron chi connectivity index (χ2n) is 4.39. The molecule has 0 aromatic rings. The van der Waals surface area contributed by atoms with Gasteiger partial charge in [-0.15, -0.1) is 0 Å². The van der Waals surface area contributed by atoms with Gasteiger partial charge in [0.2, 0.25) is 0 Å². The molecule has 0 spiro atoms. The third kappa shape index (κ3) is 21.4. The molecule has 5 heteroatoms. The summed E-state index contributed by atoms with van der Waals surface area (Å²) in [5.74, 6) is 1.02. The van der Waals surface area contributed by atoms with Crippen molar-refractivity contribution in [2.75, 3.05) is 5.75 Å². The number of hydrogen-bond donors (Lipinski definition) is 3. The van der Waals surface area contributed by atoms with E-state index in [1.54, 1.807) is 0 Å². The second-order valence-corrected chi connectivity index (χ2v) is 5.53. The van der Waals surface area contributed by atoms with Crippen LogP contribution >= 0.6 is 23.6 Å². The minimum absolute atomic E-state index is 0.260. The lowest BCUT2D eigenvalue weighted by atomic mass is 10.1. The molecule has 0 rings (SSSR count). The molecule has 0 saturated heterocycles. The molecule has 0 heterocycles.